The average Bonchev–Trinajstić information content (AvgIpc) is 3.31. The van der Waals surface area contributed by atoms with Crippen LogP contribution < -0.4 is 5.32 Å². The molecule has 386 valence electrons. The van der Waals surface area contributed by atoms with Gasteiger partial charge in [0.1, 0.15) is 0 Å². The first-order valence-electron chi connectivity index (χ1n) is 30.1. The second-order valence-corrected chi connectivity index (χ2v) is 20.8. The van der Waals surface area contributed by atoms with Crippen molar-refractivity contribution < 1.29 is 15.0 Å². The minimum absolute atomic E-state index is 0.0666. The minimum atomic E-state index is -0.859. The van der Waals surface area contributed by atoms with Crippen molar-refractivity contribution in [1.82, 2.24) is 5.32 Å². The molecule has 0 aliphatic rings. The van der Waals surface area contributed by atoms with Gasteiger partial charge in [-0.2, -0.15) is 0 Å². The molecule has 0 saturated carbocycles. The van der Waals surface area contributed by atoms with Crippen LogP contribution in [0.4, 0.5) is 0 Å². The Morgan fingerprint density at radius 1 is 0.354 bits per heavy atom. The summed E-state index contributed by atoms with van der Waals surface area (Å²) in [6.45, 7) is 4.33. The molecule has 0 fully saturated rings. The van der Waals surface area contributed by atoms with Crippen LogP contribution in [0.25, 0.3) is 0 Å². The summed E-state index contributed by atoms with van der Waals surface area (Å²) >= 11 is 0. The second-order valence-electron chi connectivity index (χ2n) is 20.8. The van der Waals surface area contributed by atoms with Gasteiger partial charge in [0.25, 0.3) is 0 Å². The van der Waals surface area contributed by atoms with Crippen molar-refractivity contribution in [2.45, 2.75) is 353 Å². The fraction of sp³-hybridized carbons (Fsp3) is 0.918. The third-order valence-electron chi connectivity index (χ3n) is 14.2. The van der Waals surface area contributed by atoms with Gasteiger partial charge in [0.05, 0.1) is 18.8 Å². The summed E-state index contributed by atoms with van der Waals surface area (Å²) < 4.78 is 0. The fourth-order valence-electron chi connectivity index (χ4n) is 9.61. The molecule has 2 atom stereocenters. The Morgan fingerprint density at radius 2 is 0.600 bits per heavy atom. The average molecular weight is 915 g/mol. The normalized spacial score (nSPS) is 12.9. The molecular weight excluding hydrogens is 795 g/mol. The van der Waals surface area contributed by atoms with Gasteiger partial charge in [-0.05, 0) is 32.1 Å². The number of amides is 1. The summed E-state index contributed by atoms with van der Waals surface area (Å²) in [7, 11) is 0. The standard InChI is InChI=1S/C61H119NO3/c1-3-5-7-9-11-13-15-17-19-21-22-23-24-25-26-27-28-29-30-31-32-33-34-35-36-37-38-39-41-43-45-47-49-51-53-55-57-61(65)62-59(58-63)60(64)56-54-52-50-48-46-44-42-40-20-18-16-14-12-10-8-6-4-2/h46,48,54,56,59-60,63-64H,3-45,47,49-53,55,57-58H2,1-2H3,(H,62,65)/b48-46+,56-54+. The highest BCUT2D eigenvalue weighted by molar-refractivity contribution is 5.76. The Labute approximate surface area is 409 Å². The van der Waals surface area contributed by atoms with E-state index in [0.29, 0.717) is 6.42 Å². The molecule has 0 bridgehead atoms. The first-order valence-corrected chi connectivity index (χ1v) is 30.1. The number of aliphatic hydroxyl groups excluding tert-OH is 2. The van der Waals surface area contributed by atoms with E-state index in [1.165, 1.54) is 289 Å². The lowest BCUT2D eigenvalue weighted by Crippen LogP contribution is -2.45. The zero-order chi connectivity index (χ0) is 47.0. The van der Waals surface area contributed by atoms with Crippen molar-refractivity contribution >= 4 is 5.91 Å². The van der Waals surface area contributed by atoms with E-state index in [4.69, 9.17) is 0 Å². The molecule has 0 aliphatic heterocycles. The number of carbonyl (C=O) groups is 1. The lowest BCUT2D eigenvalue weighted by Gasteiger charge is -2.19. The molecule has 0 heterocycles. The van der Waals surface area contributed by atoms with Gasteiger partial charge in [-0.3, -0.25) is 4.79 Å². The third-order valence-corrected chi connectivity index (χ3v) is 14.2. The molecule has 0 aromatic carbocycles. The maximum Gasteiger partial charge on any atom is 0.220 e. The van der Waals surface area contributed by atoms with Gasteiger partial charge < -0.3 is 15.5 Å². The molecule has 0 aliphatic carbocycles. The highest BCUT2D eigenvalue weighted by Crippen LogP contribution is 2.18. The summed E-state index contributed by atoms with van der Waals surface area (Å²) in [4.78, 5) is 12.5. The first-order chi connectivity index (χ1) is 32.2. The molecule has 4 nitrogen and oxygen atoms in total. The predicted octanol–water partition coefficient (Wildman–Crippen LogP) is 19.9. The van der Waals surface area contributed by atoms with Crippen molar-refractivity contribution in [1.29, 1.82) is 0 Å². The van der Waals surface area contributed by atoms with Gasteiger partial charge in [-0.1, -0.05) is 327 Å². The van der Waals surface area contributed by atoms with Crippen LogP contribution in [-0.4, -0.2) is 34.9 Å². The van der Waals surface area contributed by atoms with Gasteiger partial charge >= 0.3 is 0 Å². The predicted molar refractivity (Wildman–Crippen MR) is 290 cm³/mol. The fourth-order valence-corrected chi connectivity index (χ4v) is 9.61. The Morgan fingerprint density at radius 3 is 0.892 bits per heavy atom. The minimum Gasteiger partial charge on any atom is -0.394 e. The van der Waals surface area contributed by atoms with Gasteiger partial charge in [-0.25, -0.2) is 0 Å². The van der Waals surface area contributed by atoms with Crippen molar-refractivity contribution in [3.8, 4) is 0 Å². The Bertz CT molecular complexity index is 947. The number of rotatable bonds is 56. The number of unbranched alkanes of at least 4 members (excludes halogenated alkanes) is 47. The molecule has 1 amide bonds. The van der Waals surface area contributed by atoms with Crippen LogP contribution in [0.3, 0.4) is 0 Å². The lowest BCUT2D eigenvalue weighted by atomic mass is 10.0. The lowest BCUT2D eigenvalue weighted by molar-refractivity contribution is -0.123. The van der Waals surface area contributed by atoms with Crippen molar-refractivity contribution in [2.75, 3.05) is 6.61 Å². The quantitative estimate of drug-likeness (QED) is 0.0421. The topological polar surface area (TPSA) is 69.6 Å². The molecule has 4 heteroatoms. The smallest absolute Gasteiger partial charge is 0.220 e. The summed E-state index contributed by atoms with van der Waals surface area (Å²) in [5, 5.41) is 23.1. The molecule has 0 rings (SSSR count). The SMILES string of the molecule is CCCCCCCCCCCCC/C=C/CC/C=C/C(O)C(CO)NC(=O)CCCCCCCCCCCCCCCCCCCCCCCCCCCCCCCCCCCCCC. The van der Waals surface area contributed by atoms with Gasteiger partial charge in [-0.15, -0.1) is 0 Å². The van der Waals surface area contributed by atoms with Crippen LogP contribution >= 0.6 is 0 Å². The first kappa shape index (κ1) is 63.9. The Balaban J connectivity index is 3.40. The molecule has 65 heavy (non-hydrogen) atoms. The van der Waals surface area contributed by atoms with Crippen molar-refractivity contribution in [3.63, 3.8) is 0 Å². The Hall–Kier alpha value is -1.13. The van der Waals surface area contributed by atoms with E-state index in [2.05, 4.69) is 31.3 Å². The Kier molecular flexibility index (Phi) is 56.2. The second kappa shape index (κ2) is 57.2. The number of allylic oxidation sites excluding steroid dienone is 3. The summed E-state index contributed by atoms with van der Waals surface area (Å²) in [5.41, 5.74) is 0. The number of nitrogens with one attached hydrogen (secondary N) is 1. The summed E-state index contributed by atoms with van der Waals surface area (Å²) in [6, 6.07) is -0.636. The summed E-state index contributed by atoms with van der Waals surface area (Å²) in [6.07, 6.45) is 76.6. The van der Waals surface area contributed by atoms with Crippen LogP contribution in [0.1, 0.15) is 341 Å². The van der Waals surface area contributed by atoms with Gasteiger partial charge in [0.2, 0.25) is 5.91 Å². The number of carbonyl (C=O) groups excluding carboxylic acids is 1. The van der Waals surface area contributed by atoms with Crippen molar-refractivity contribution in [3.05, 3.63) is 24.3 Å². The monoisotopic (exact) mass is 914 g/mol. The maximum absolute atomic E-state index is 12.5. The van der Waals surface area contributed by atoms with Crippen LogP contribution in [0.15, 0.2) is 24.3 Å². The van der Waals surface area contributed by atoms with Gasteiger partial charge in [0.15, 0.2) is 0 Å². The maximum atomic E-state index is 12.5. The molecular formula is C61H119NO3. The molecule has 0 aromatic rings. The van der Waals surface area contributed by atoms with E-state index in [1.54, 1.807) is 6.08 Å². The summed E-state index contributed by atoms with van der Waals surface area (Å²) in [5.74, 6) is -0.0666. The molecule has 0 radical (unpaired) electrons. The van der Waals surface area contributed by atoms with E-state index in [9.17, 15) is 15.0 Å². The zero-order valence-electron chi connectivity index (χ0n) is 44.5. The van der Waals surface area contributed by atoms with Crippen LogP contribution in [0.5, 0.6) is 0 Å². The highest BCUT2D eigenvalue weighted by atomic mass is 16.3. The van der Waals surface area contributed by atoms with Crippen LogP contribution in [-0.2, 0) is 4.79 Å². The third kappa shape index (κ3) is 53.7. The van der Waals surface area contributed by atoms with E-state index >= 15 is 0 Å². The molecule has 0 spiro atoms. The molecule has 0 saturated heterocycles. The van der Waals surface area contributed by atoms with Gasteiger partial charge in [0, 0.05) is 6.42 Å². The number of hydrogen-bond donors (Lipinski definition) is 3. The number of hydrogen-bond acceptors (Lipinski definition) is 3. The molecule has 2 unspecified atom stereocenters. The van der Waals surface area contributed by atoms with E-state index in [-0.39, 0.29) is 12.5 Å². The van der Waals surface area contributed by atoms with E-state index in [0.717, 1.165) is 32.1 Å². The van der Waals surface area contributed by atoms with Crippen LogP contribution in [0, 0.1) is 0 Å². The number of aliphatic hydroxyl groups is 2. The van der Waals surface area contributed by atoms with Crippen molar-refractivity contribution in [2.24, 2.45) is 0 Å². The molecule has 0 aromatic heterocycles. The van der Waals surface area contributed by atoms with E-state index in [1.807, 2.05) is 6.08 Å². The largest absolute Gasteiger partial charge is 0.394 e. The highest BCUT2D eigenvalue weighted by Gasteiger charge is 2.18. The van der Waals surface area contributed by atoms with E-state index < -0.39 is 12.1 Å². The molecule has 3 N–H and O–H groups in total. The van der Waals surface area contributed by atoms with Crippen LogP contribution in [0.2, 0.25) is 0 Å². The zero-order valence-corrected chi connectivity index (χ0v) is 44.5.